The van der Waals surface area contributed by atoms with E-state index in [4.69, 9.17) is 4.74 Å². The fourth-order valence-electron chi connectivity index (χ4n) is 3.86. The molecule has 6 heteroatoms. The lowest BCUT2D eigenvalue weighted by molar-refractivity contribution is -0.137. The van der Waals surface area contributed by atoms with Gasteiger partial charge in [0, 0.05) is 31.9 Å². The molecule has 30 heavy (non-hydrogen) atoms. The molecule has 2 aliphatic rings. The fourth-order valence-corrected chi connectivity index (χ4v) is 3.86. The number of benzene rings is 2. The Kier molecular flexibility index (Phi) is 5.97. The van der Waals surface area contributed by atoms with E-state index in [9.17, 15) is 9.59 Å². The van der Waals surface area contributed by atoms with Crippen molar-refractivity contribution >= 4 is 23.1 Å². The Labute approximate surface area is 177 Å². The van der Waals surface area contributed by atoms with E-state index in [1.165, 1.54) is 4.90 Å². The first kappa shape index (κ1) is 20.3. The molecule has 0 atom stereocenters. The molecule has 0 aromatic heterocycles. The number of anilines is 1. The molecular formula is C24H27N3O3. The zero-order valence-electron chi connectivity index (χ0n) is 17.5. The molecular weight excluding hydrogens is 378 g/mol. The second kappa shape index (κ2) is 8.81. The Morgan fingerprint density at radius 2 is 1.63 bits per heavy atom. The van der Waals surface area contributed by atoms with Crippen molar-refractivity contribution in [3.8, 4) is 0 Å². The van der Waals surface area contributed by atoms with Crippen LogP contribution in [0, 0.1) is 13.8 Å². The van der Waals surface area contributed by atoms with Gasteiger partial charge in [-0.15, -0.1) is 0 Å². The number of carbonyl (C=O) groups excluding carboxylic acids is 2. The first-order valence-electron chi connectivity index (χ1n) is 10.4. The van der Waals surface area contributed by atoms with Gasteiger partial charge in [-0.05, 0) is 36.6 Å². The van der Waals surface area contributed by atoms with E-state index in [1.807, 2.05) is 62.4 Å². The van der Waals surface area contributed by atoms with Gasteiger partial charge in [-0.1, -0.05) is 42.5 Å². The van der Waals surface area contributed by atoms with Gasteiger partial charge in [0.2, 0.25) is 0 Å². The number of aryl methyl sites for hydroxylation is 1. The van der Waals surface area contributed by atoms with Crippen LogP contribution in [0.25, 0.3) is 5.57 Å². The molecule has 2 aromatic carbocycles. The molecule has 0 aliphatic carbocycles. The smallest absolute Gasteiger partial charge is 0.278 e. The first-order chi connectivity index (χ1) is 14.6. The Morgan fingerprint density at radius 1 is 0.900 bits per heavy atom. The van der Waals surface area contributed by atoms with Crippen molar-refractivity contribution in [2.45, 2.75) is 13.8 Å². The monoisotopic (exact) mass is 405 g/mol. The highest BCUT2D eigenvalue weighted by atomic mass is 16.5. The third-order valence-electron chi connectivity index (χ3n) is 5.84. The second-order valence-corrected chi connectivity index (χ2v) is 7.70. The average molecular weight is 405 g/mol. The van der Waals surface area contributed by atoms with E-state index < -0.39 is 0 Å². The van der Waals surface area contributed by atoms with Gasteiger partial charge in [0.25, 0.3) is 11.8 Å². The van der Waals surface area contributed by atoms with Crippen LogP contribution in [0.4, 0.5) is 5.69 Å². The molecule has 2 heterocycles. The van der Waals surface area contributed by atoms with Gasteiger partial charge >= 0.3 is 0 Å². The van der Waals surface area contributed by atoms with Crippen LogP contribution in [0.3, 0.4) is 0 Å². The predicted molar refractivity (Wildman–Crippen MR) is 117 cm³/mol. The number of hydrogen-bond donors (Lipinski definition) is 1. The molecule has 1 saturated heterocycles. The number of nitrogens with zero attached hydrogens (tertiary/aromatic N) is 2. The Morgan fingerprint density at radius 3 is 2.37 bits per heavy atom. The van der Waals surface area contributed by atoms with Gasteiger partial charge in [0.15, 0.2) is 0 Å². The highest BCUT2D eigenvalue weighted by Gasteiger charge is 2.39. The number of morpholine rings is 1. The van der Waals surface area contributed by atoms with E-state index >= 15 is 0 Å². The molecule has 4 rings (SSSR count). The summed E-state index contributed by atoms with van der Waals surface area (Å²) in [6.45, 7) is 8.09. The van der Waals surface area contributed by atoms with Gasteiger partial charge in [-0.3, -0.25) is 19.4 Å². The molecule has 1 N–H and O–H groups in total. The molecule has 2 aromatic rings. The van der Waals surface area contributed by atoms with Crippen LogP contribution in [0.5, 0.6) is 0 Å². The van der Waals surface area contributed by atoms with Crippen LogP contribution < -0.4 is 5.32 Å². The van der Waals surface area contributed by atoms with Gasteiger partial charge in [-0.2, -0.15) is 0 Å². The van der Waals surface area contributed by atoms with Crippen LogP contribution >= 0.6 is 0 Å². The number of nitrogens with one attached hydrogen (secondary N) is 1. The molecule has 0 saturated carbocycles. The van der Waals surface area contributed by atoms with Crippen molar-refractivity contribution < 1.29 is 14.3 Å². The first-order valence-corrected chi connectivity index (χ1v) is 10.4. The maximum atomic E-state index is 13.3. The summed E-state index contributed by atoms with van der Waals surface area (Å²) in [6, 6.07) is 15.3. The zero-order valence-corrected chi connectivity index (χ0v) is 17.5. The SMILES string of the molecule is Cc1cccc(NC2=C(c3ccccc3)C(=O)N(CCN3CCOCC3)C2=O)c1C. The molecule has 6 nitrogen and oxygen atoms in total. The van der Waals surface area contributed by atoms with Crippen molar-refractivity contribution in [2.75, 3.05) is 44.7 Å². The molecule has 1 fully saturated rings. The number of imide groups is 1. The highest BCUT2D eigenvalue weighted by Crippen LogP contribution is 2.31. The van der Waals surface area contributed by atoms with E-state index in [1.54, 1.807) is 0 Å². The molecule has 0 radical (unpaired) electrons. The normalized spacial score (nSPS) is 17.7. The minimum absolute atomic E-state index is 0.243. The Hall–Kier alpha value is -2.96. The third-order valence-corrected chi connectivity index (χ3v) is 5.84. The summed E-state index contributed by atoms with van der Waals surface area (Å²) in [4.78, 5) is 30.2. The van der Waals surface area contributed by atoms with Crippen molar-refractivity contribution in [1.82, 2.24) is 9.80 Å². The second-order valence-electron chi connectivity index (χ2n) is 7.70. The van der Waals surface area contributed by atoms with Crippen molar-refractivity contribution in [2.24, 2.45) is 0 Å². The summed E-state index contributed by atoms with van der Waals surface area (Å²) >= 11 is 0. The molecule has 0 unspecified atom stereocenters. The number of ether oxygens (including phenoxy) is 1. The van der Waals surface area contributed by atoms with Crippen LogP contribution in [0.1, 0.15) is 16.7 Å². The predicted octanol–water partition coefficient (Wildman–Crippen LogP) is 2.83. The molecule has 0 spiro atoms. The quantitative estimate of drug-likeness (QED) is 0.749. The van der Waals surface area contributed by atoms with Crippen molar-refractivity contribution in [3.63, 3.8) is 0 Å². The van der Waals surface area contributed by atoms with Crippen LogP contribution in [-0.4, -0.2) is 61.0 Å². The summed E-state index contributed by atoms with van der Waals surface area (Å²) in [6.07, 6.45) is 0. The maximum absolute atomic E-state index is 13.3. The van der Waals surface area contributed by atoms with E-state index in [-0.39, 0.29) is 11.8 Å². The molecule has 0 bridgehead atoms. The number of hydrogen-bond acceptors (Lipinski definition) is 5. The van der Waals surface area contributed by atoms with Crippen LogP contribution in [0.2, 0.25) is 0 Å². The summed E-state index contributed by atoms with van der Waals surface area (Å²) in [5.74, 6) is -0.514. The van der Waals surface area contributed by atoms with E-state index in [2.05, 4.69) is 10.2 Å². The number of rotatable bonds is 6. The average Bonchev–Trinajstić information content (AvgIpc) is 3.00. The lowest BCUT2D eigenvalue weighted by atomic mass is 10.0. The van der Waals surface area contributed by atoms with Gasteiger partial charge in [0.05, 0.1) is 18.8 Å². The minimum Gasteiger partial charge on any atom is -0.379 e. The summed E-state index contributed by atoms with van der Waals surface area (Å²) < 4.78 is 5.39. The third kappa shape index (κ3) is 4.01. The highest BCUT2D eigenvalue weighted by molar-refractivity contribution is 6.36. The molecule has 2 aliphatic heterocycles. The topological polar surface area (TPSA) is 61.9 Å². The van der Waals surface area contributed by atoms with Gasteiger partial charge < -0.3 is 10.1 Å². The molecule has 156 valence electrons. The van der Waals surface area contributed by atoms with E-state index in [0.717, 1.165) is 35.5 Å². The zero-order chi connectivity index (χ0) is 21.1. The van der Waals surface area contributed by atoms with Crippen molar-refractivity contribution in [3.05, 3.63) is 70.9 Å². The number of amides is 2. The summed E-state index contributed by atoms with van der Waals surface area (Å²) in [7, 11) is 0. The van der Waals surface area contributed by atoms with Crippen LogP contribution in [0.15, 0.2) is 54.2 Å². The standard InChI is InChI=1S/C24H27N3O3/c1-17-7-6-10-20(18(17)2)25-22-21(19-8-4-3-5-9-19)23(28)27(24(22)29)12-11-26-13-15-30-16-14-26/h3-10,25H,11-16H2,1-2H3. The lowest BCUT2D eigenvalue weighted by Gasteiger charge is -2.28. The lowest BCUT2D eigenvalue weighted by Crippen LogP contribution is -2.43. The number of carbonyl (C=O) groups is 2. The summed E-state index contributed by atoms with van der Waals surface area (Å²) in [5.41, 5.74) is 4.56. The Bertz CT molecular complexity index is 978. The van der Waals surface area contributed by atoms with Crippen LogP contribution in [-0.2, 0) is 14.3 Å². The van der Waals surface area contributed by atoms with Crippen molar-refractivity contribution in [1.29, 1.82) is 0 Å². The summed E-state index contributed by atoms with van der Waals surface area (Å²) in [5, 5.41) is 3.28. The van der Waals surface area contributed by atoms with Gasteiger partial charge in [-0.25, -0.2) is 0 Å². The molecule has 2 amide bonds. The largest absolute Gasteiger partial charge is 0.379 e. The minimum atomic E-state index is -0.270. The Balaban J connectivity index is 1.63. The van der Waals surface area contributed by atoms with E-state index in [0.29, 0.717) is 37.6 Å². The maximum Gasteiger partial charge on any atom is 0.278 e. The van der Waals surface area contributed by atoms with Gasteiger partial charge in [0.1, 0.15) is 5.70 Å². The fraction of sp³-hybridized carbons (Fsp3) is 0.333.